The van der Waals surface area contributed by atoms with Crippen LogP contribution in [-0.4, -0.2) is 20.8 Å². The van der Waals surface area contributed by atoms with Gasteiger partial charge in [-0.3, -0.25) is 4.68 Å². The van der Waals surface area contributed by atoms with Crippen molar-refractivity contribution < 1.29 is 5.21 Å². The van der Waals surface area contributed by atoms with Gasteiger partial charge in [-0.15, -0.1) is 0 Å². The van der Waals surface area contributed by atoms with Crippen LogP contribution in [0.15, 0.2) is 40.2 Å². The zero-order chi connectivity index (χ0) is 13.1. The minimum absolute atomic E-state index is 0.117. The molecule has 0 spiro atoms. The fraction of sp³-hybridized carbons (Fsp3) is 0.167. The van der Waals surface area contributed by atoms with Gasteiger partial charge >= 0.3 is 0 Å². The van der Waals surface area contributed by atoms with Gasteiger partial charge in [-0.2, -0.15) is 5.10 Å². The van der Waals surface area contributed by atoms with Crippen molar-refractivity contribution in [2.75, 3.05) is 0 Å². The standard InChI is InChI=1S/C12H13BrN4O/c1-8-4-9(12(14)16-18)2-3-10(8)6-17-7-11(13)5-15-17/h2-5,7,18H,6H2,1H3,(H2,14,16). The molecule has 0 aliphatic rings. The highest BCUT2D eigenvalue weighted by Crippen LogP contribution is 2.14. The van der Waals surface area contributed by atoms with Crippen molar-refractivity contribution in [3.63, 3.8) is 0 Å². The zero-order valence-corrected chi connectivity index (χ0v) is 11.4. The number of halogens is 1. The van der Waals surface area contributed by atoms with Crippen LogP contribution in [0, 0.1) is 6.92 Å². The number of aromatic nitrogens is 2. The smallest absolute Gasteiger partial charge is 0.170 e. The summed E-state index contributed by atoms with van der Waals surface area (Å²) in [5.41, 5.74) is 8.47. The molecule has 0 aliphatic heterocycles. The van der Waals surface area contributed by atoms with Gasteiger partial charge in [0.25, 0.3) is 0 Å². The number of benzene rings is 1. The van der Waals surface area contributed by atoms with Crippen LogP contribution in [0.3, 0.4) is 0 Å². The fourth-order valence-corrected chi connectivity index (χ4v) is 2.02. The summed E-state index contributed by atoms with van der Waals surface area (Å²) in [4.78, 5) is 0. The molecule has 0 saturated heterocycles. The normalized spacial score (nSPS) is 11.8. The van der Waals surface area contributed by atoms with E-state index in [1.54, 1.807) is 6.20 Å². The second-order valence-corrected chi connectivity index (χ2v) is 4.90. The second kappa shape index (κ2) is 5.22. The summed E-state index contributed by atoms with van der Waals surface area (Å²) in [5.74, 6) is 0.117. The minimum atomic E-state index is 0.117. The van der Waals surface area contributed by atoms with E-state index in [0.29, 0.717) is 12.1 Å². The highest BCUT2D eigenvalue weighted by molar-refractivity contribution is 9.10. The maximum absolute atomic E-state index is 8.63. The van der Waals surface area contributed by atoms with Gasteiger partial charge in [0.05, 0.1) is 17.2 Å². The van der Waals surface area contributed by atoms with E-state index in [4.69, 9.17) is 10.9 Å². The van der Waals surface area contributed by atoms with E-state index in [-0.39, 0.29) is 5.84 Å². The molecule has 1 heterocycles. The van der Waals surface area contributed by atoms with Crippen molar-refractivity contribution in [1.29, 1.82) is 0 Å². The lowest BCUT2D eigenvalue weighted by Crippen LogP contribution is -2.13. The van der Waals surface area contributed by atoms with E-state index in [0.717, 1.165) is 15.6 Å². The van der Waals surface area contributed by atoms with Crippen LogP contribution in [0.2, 0.25) is 0 Å². The average molecular weight is 309 g/mol. The summed E-state index contributed by atoms with van der Waals surface area (Å²) >= 11 is 3.36. The Morgan fingerprint density at radius 1 is 1.56 bits per heavy atom. The van der Waals surface area contributed by atoms with E-state index in [2.05, 4.69) is 26.2 Å². The molecule has 1 aromatic heterocycles. The molecule has 0 unspecified atom stereocenters. The van der Waals surface area contributed by atoms with Crippen molar-refractivity contribution in [1.82, 2.24) is 9.78 Å². The highest BCUT2D eigenvalue weighted by atomic mass is 79.9. The number of nitrogens with zero attached hydrogens (tertiary/aromatic N) is 3. The lowest BCUT2D eigenvalue weighted by molar-refractivity contribution is 0.318. The lowest BCUT2D eigenvalue weighted by atomic mass is 10.0. The van der Waals surface area contributed by atoms with E-state index in [1.165, 1.54) is 0 Å². The van der Waals surface area contributed by atoms with E-state index < -0.39 is 0 Å². The maximum atomic E-state index is 8.63. The monoisotopic (exact) mass is 308 g/mol. The van der Waals surface area contributed by atoms with Crippen molar-refractivity contribution >= 4 is 21.8 Å². The van der Waals surface area contributed by atoms with Gasteiger partial charge in [-0.1, -0.05) is 17.3 Å². The number of rotatable bonds is 3. The molecule has 0 fully saturated rings. The van der Waals surface area contributed by atoms with Gasteiger partial charge in [0.1, 0.15) is 0 Å². The average Bonchev–Trinajstić information content (AvgIpc) is 2.76. The Morgan fingerprint density at radius 2 is 2.33 bits per heavy atom. The SMILES string of the molecule is Cc1cc(/C(N)=N/O)ccc1Cn1cc(Br)cn1. The molecule has 1 aromatic carbocycles. The van der Waals surface area contributed by atoms with Crippen LogP contribution in [0.1, 0.15) is 16.7 Å². The Morgan fingerprint density at radius 3 is 2.89 bits per heavy atom. The predicted octanol–water partition coefficient (Wildman–Crippen LogP) is 2.10. The van der Waals surface area contributed by atoms with Crippen molar-refractivity contribution in [3.05, 3.63) is 51.8 Å². The van der Waals surface area contributed by atoms with Crippen LogP contribution in [0.25, 0.3) is 0 Å². The lowest BCUT2D eigenvalue weighted by Gasteiger charge is -2.08. The second-order valence-electron chi connectivity index (χ2n) is 3.98. The van der Waals surface area contributed by atoms with Gasteiger partial charge in [-0.25, -0.2) is 0 Å². The molecule has 18 heavy (non-hydrogen) atoms. The zero-order valence-electron chi connectivity index (χ0n) is 9.84. The quantitative estimate of drug-likeness (QED) is 0.394. The molecule has 94 valence electrons. The first kappa shape index (κ1) is 12.6. The minimum Gasteiger partial charge on any atom is -0.409 e. The fourth-order valence-electron chi connectivity index (χ4n) is 1.69. The Bertz CT molecular complexity index is 592. The molecule has 0 bridgehead atoms. The molecular weight excluding hydrogens is 296 g/mol. The summed E-state index contributed by atoms with van der Waals surface area (Å²) in [6.07, 6.45) is 3.66. The number of nitrogens with two attached hydrogens (primary N) is 1. The molecule has 0 radical (unpaired) electrons. The summed E-state index contributed by atoms with van der Waals surface area (Å²) < 4.78 is 2.80. The molecule has 0 saturated carbocycles. The first-order chi connectivity index (χ1) is 8.60. The van der Waals surface area contributed by atoms with Crippen LogP contribution >= 0.6 is 15.9 Å². The predicted molar refractivity (Wildman–Crippen MR) is 72.7 cm³/mol. The Hall–Kier alpha value is -1.82. The van der Waals surface area contributed by atoms with Crippen LogP contribution in [-0.2, 0) is 6.54 Å². The van der Waals surface area contributed by atoms with Crippen molar-refractivity contribution in [3.8, 4) is 0 Å². The van der Waals surface area contributed by atoms with Crippen LogP contribution in [0.5, 0.6) is 0 Å². The third-order valence-corrected chi connectivity index (χ3v) is 3.09. The Balaban J connectivity index is 2.25. The van der Waals surface area contributed by atoms with E-state index >= 15 is 0 Å². The van der Waals surface area contributed by atoms with Gasteiger partial charge < -0.3 is 10.9 Å². The number of amidine groups is 1. The van der Waals surface area contributed by atoms with Gasteiger partial charge in [-0.05, 0) is 40.0 Å². The highest BCUT2D eigenvalue weighted by Gasteiger charge is 2.05. The topological polar surface area (TPSA) is 76.4 Å². The number of hydrogen-bond acceptors (Lipinski definition) is 3. The molecule has 0 aliphatic carbocycles. The molecule has 0 atom stereocenters. The third-order valence-electron chi connectivity index (χ3n) is 2.68. The summed E-state index contributed by atoms with van der Waals surface area (Å²) in [6, 6.07) is 5.68. The summed E-state index contributed by atoms with van der Waals surface area (Å²) in [6.45, 7) is 2.68. The van der Waals surface area contributed by atoms with Gasteiger partial charge in [0.15, 0.2) is 5.84 Å². The molecule has 6 heteroatoms. The first-order valence-electron chi connectivity index (χ1n) is 5.35. The van der Waals surface area contributed by atoms with E-state index in [9.17, 15) is 0 Å². The number of hydrogen-bond donors (Lipinski definition) is 2. The Labute approximate surface area is 113 Å². The van der Waals surface area contributed by atoms with Gasteiger partial charge in [0, 0.05) is 11.8 Å². The number of oxime groups is 1. The molecule has 2 aromatic rings. The van der Waals surface area contributed by atoms with Crippen LogP contribution in [0.4, 0.5) is 0 Å². The molecule has 5 nitrogen and oxygen atoms in total. The Kier molecular flexibility index (Phi) is 3.66. The van der Waals surface area contributed by atoms with E-state index in [1.807, 2.05) is 36.0 Å². The number of aryl methyl sites for hydroxylation is 1. The first-order valence-corrected chi connectivity index (χ1v) is 6.15. The van der Waals surface area contributed by atoms with Crippen molar-refractivity contribution in [2.24, 2.45) is 10.9 Å². The maximum Gasteiger partial charge on any atom is 0.170 e. The molecule has 2 rings (SSSR count). The summed E-state index contributed by atoms with van der Waals surface area (Å²) in [5, 5.41) is 15.8. The van der Waals surface area contributed by atoms with Crippen LogP contribution < -0.4 is 5.73 Å². The molecule has 0 amide bonds. The third kappa shape index (κ3) is 2.70. The van der Waals surface area contributed by atoms with Crippen molar-refractivity contribution in [2.45, 2.75) is 13.5 Å². The molecular formula is C12H13BrN4O. The summed E-state index contributed by atoms with van der Waals surface area (Å²) in [7, 11) is 0. The van der Waals surface area contributed by atoms with Gasteiger partial charge in [0.2, 0.25) is 0 Å². The largest absolute Gasteiger partial charge is 0.409 e. The molecule has 3 N–H and O–H groups in total.